The predicted molar refractivity (Wildman–Crippen MR) is 67.0 cm³/mol. The summed E-state index contributed by atoms with van der Waals surface area (Å²) in [6.07, 6.45) is 0.297. The summed E-state index contributed by atoms with van der Waals surface area (Å²) in [7, 11) is 0. The van der Waals surface area contributed by atoms with Crippen molar-refractivity contribution in [2.24, 2.45) is 0 Å². The largest absolute Gasteiger partial charge is 0.445 e. The molecule has 1 heterocycles. The first kappa shape index (κ1) is 12.6. The Morgan fingerprint density at radius 2 is 2.00 bits per heavy atom. The van der Waals surface area contributed by atoms with Crippen LogP contribution in [0, 0.1) is 0 Å². The Bertz CT molecular complexity index is 457. The molecule has 1 saturated heterocycles. The third-order valence-electron chi connectivity index (χ3n) is 3.60. The standard InChI is InChI=1S/C14H17NO3/c1-11(16)14(2)8-9-15(14)13(17)18-10-12-6-4-3-5-7-12/h3-7H,8-10H2,1-2H3. The number of hydrogen-bond acceptors (Lipinski definition) is 3. The van der Waals surface area contributed by atoms with E-state index in [1.54, 1.807) is 6.92 Å². The molecule has 1 aromatic rings. The molecule has 4 nitrogen and oxygen atoms in total. The van der Waals surface area contributed by atoms with E-state index in [4.69, 9.17) is 4.74 Å². The van der Waals surface area contributed by atoms with Crippen LogP contribution in [0.15, 0.2) is 30.3 Å². The number of rotatable bonds is 3. The van der Waals surface area contributed by atoms with Gasteiger partial charge in [-0.25, -0.2) is 4.79 Å². The lowest BCUT2D eigenvalue weighted by Crippen LogP contribution is -2.64. The van der Waals surface area contributed by atoms with Crippen molar-refractivity contribution in [3.8, 4) is 0 Å². The summed E-state index contributed by atoms with van der Waals surface area (Å²) in [6.45, 7) is 4.12. The van der Waals surface area contributed by atoms with E-state index in [-0.39, 0.29) is 12.4 Å². The lowest BCUT2D eigenvalue weighted by molar-refractivity contribution is -0.134. The van der Waals surface area contributed by atoms with Crippen molar-refractivity contribution < 1.29 is 14.3 Å². The first-order valence-electron chi connectivity index (χ1n) is 6.03. The fourth-order valence-corrected chi connectivity index (χ4v) is 2.02. The Morgan fingerprint density at radius 3 is 2.50 bits per heavy atom. The van der Waals surface area contributed by atoms with Gasteiger partial charge in [0.2, 0.25) is 0 Å². The van der Waals surface area contributed by atoms with Gasteiger partial charge in [0, 0.05) is 6.54 Å². The molecule has 2 rings (SSSR count). The van der Waals surface area contributed by atoms with Crippen LogP contribution in [-0.2, 0) is 16.1 Å². The molecule has 0 bridgehead atoms. The second-order valence-corrected chi connectivity index (χ2v) is 4.77. The van der Waals surface area contributed by atoms with Gasteiger partial charge in [-0.05, 0) is 25.8 Å². The molecule has 1 fully saturated rings. The lowest BCUT2D eigenvalue weighted by Gasteiger charge is -2.47. The number of nitrogens with zero attached hydrogens (tertiary/aromatic N) is 1. The SMILES string of the molecule is CC(=O)C1(C)CCN1C(=O)OCc1ccccc1. The van der Waals surface area contributed by atoms with E-state index in [0.717, 1.165) is 5.56 Å². The molecule has 0 aromatic heterocycles. The van der Waals surface area contributed by atoms with Crippen LogP contribution in [-0.4, -0.2) is 28.9 Å². The highest BCUT2D eigenvalue weighted by atomic mass is 16.6. The van der Waals surface area contributed by atoms with E-state index in [9.17, 15) is 9.59 Å². The summed E-state index contributed by atoms with van der Waals surface area (Å²) in [6, 6.07) is 9.49. The highest BCUT2D eigenvalue weighted by Gasteiger charge is 2.48. The lowest BCUT2D eigenvalue weighted by atomic mass is 9.84. The maximum absolute atomic E-state index is 11.9. The van der Waals surface area contributed by atoms with Gasteiger partial charge in [-0.1, -0.05) is 30.3 Å². The number of ketones is 1. The number of carbonyl (C=O) groups is 2. The van der Waals surface area contributed by atoms with Crippen LogP contribution < -0.4 is 0 Å². The van der Waals surface area contributed by atoms with Crippen LogP contribution in [0.25, 0.3) is 0 Å². The van der Waals surface area contributed by atoms with Crippen molar-refractivity contribution in [3.05, 3.63) is 35.9 Å². The van der Waals surface area contributed by atoms with Crippen LogP contribution in [0.4, 0.5) is 4.79 Å². The van der Waals surface area contributed by atoms with Crippen LogP contribution in [0.5, 0.6) is 0 Å². The minimum atomic E-state index is -0.673. The Morgan fingerprint density at radius 1 is 1.33 bits per heavy atom. The first-order valence-corrected chi connectivity index (χ1v) is 6.03. The van der Waals surface area contributed by atoms with E-state index in [0.29, 0.717) is 13.0 Å². The van der Waals surface area contributed by atoms with Crippen LogP contribution in [0.3, 0.4) is 0 Å². The first-order chi connectivity index (χ1) is 8.54. The number of benzene rings is 1. The minimum Gasteiger partial charge on any atom is -0.445 e. The predicted octanol–water partition coefficient (Wildman–Crippen LogP) is 2.38. The van der Waals surface area contributed by atoms with Crippen molar-refractivity contribution in [1.82, 2.24) is 4.90 Å². The van der Waals surface area contributed by atoms with Gasteiger partial charge in [-0.2, -0.15) is 0 Å². The molecule has 1 atom stereocenters. The van der Waals surface area contributed by atoms with E-state index in [1.807, 2.05) is 30.3 Å². The summed E-state index contributed by atoms with van der Waals surface area (Å²) < 4.78 is 5.21. The van der Waals surface area contributed by atoms with Crippen molar-refractivity contribution in [2.45, 2.75) is 32.4 Å². The molecule has 0 radical (unpaired) electrons. The van der Waals surface area contributed by atoms with Gasteiger partial charge in [0.05, 0.1) is 0 Å². The molecule has 18 heavy (non-hydrogen) atoms. The third kappa shape index (κ3) is 2.23. The van der Waals surface area contributed by atoms with Crippen molar-refractivity contribution in [1.29, 1.82) is 0 Å². The zero-order chi connectivity index (χ0) is 13.2. The van der Waals surface area contributed by atoms with E-state index < -0.39 is 11.6 Å². The van der Waals surface area contributed by atoms with Crippen molar-refractivity contribution in [3.63, 3.8) is 0 Å². The van der Waals surface area contributed by atoms with Gasteiger partial charge in [0.1, 0.15) is 12.1 Å². The average Bonchev–Trinajstić information content (AvgIpc) is 2.35. The summed E-state index contributed by atoms with van der Waals surface area (Å²) in [5, 5.41) is 0. The molecule has 4 heteroatoms. The fraction of sp³-hybridized carbons (Fsp3) is 0.429. The second kappa shape index (κ2) is 4.80. The maximum Gasteiger partial charge on any atom is 0.410 e. The van der Waals surface area contributed by atoms with Crippen LogP contribution in [0.1, 0.15) is 25.8 Å². The maximum atomic E-state index is 11.9. The quantitative estimate of drug-likeness (QED) is 0.823. The highest BCUT2D eigenvalue weighted by molar-refractivity contribution is 5.91. The van der Waals surface area contributed by atoms with Gasteiger partial charge in [0.25, 0.3) is 0 Å². The highest BCUT2D eigenvalue weighted by Crippen LogP contribution is 2.31. The Kier molecular flexibility index (Phi) is 3.36. The summed E-state index contributed by atoms with van der Waals surface area (Å²) in [5.74, 6) is 0.00501. The Balaban J connectivity index is 1.92. The average molecular weight is 247 g/mol. The van der Waals surface area contributed by atoms with Crippen LogP contribution >= 0.6 is 0 Å². The molecular weight excluding hydrogens is 230 g/mol. The molecule has 1 aromatic carbocycles. The number of amides is 1. The summed E-state index contributed by atoms with van der Waals surface area (Å²) in [4.78, 5) is 24.9. The molecule has 1 unspecified atom stereocenters. The van der Waals surface area contributed by atoms with Gasteiger partial charge < -0.3 is 4.74 Å². The molecule has 0 aliphatic carbocycles. The van der Waals surface area contributed by atoms with Crippen molar-refractivity contribution in [2.75, 3.05) is 6.54 Å². The summed E-state index contributed by atoms with van der Waals surface area (Å²) in [5.41, 5.74) is 0.268. The monoisotopic (exact) mass is 247 g/mol. The van der Waals surface area contributed by atoms with Crippen molar-refractivity contribution >= 4 is 11.9 Å². The molecule has 96 valence electrons. The van der Waals surface area contributed by atoms with Gasteiger partial charge >= 0.3 is 6.09 Å². The van der Waals surface area contributed by atoms with Gasteiger partial charge in [-0.15, -0.1) is 0 Å². The van der Waals surface area contributed by atoms with Gasteiger partial charge in [0.15, 0.2) is 5.78 Å². The minimum absolute atomic E-state index is 0.00501. The topological polar surface area (TPSA) is 46.6 Å². The van der Waals surface area contributed by atoms with E-state index in [1.165, 1.54) is 11.8 Å². The molecule has 0 N–H and O–H groups in total. The number of hydrogen-bond donors (Lipinski definition) is 0. The van der Waals surface area contributed by atoms with E-state index in [2.05, 4.69) is 0 Å². The Hall–Kier alpha value is -1.84. The molecular formula is C14H17NO3. The third-order valence-corrected chi connectivity index (χ3v) is 3.60. The number of ether oxygens (including phenoxy) is 1. The molecule has 1 amide bonds. The molecule has 1 aliphatic rings. The van der Waals surface area contributed by atoms with Gasteiger partial charge in [-0.3, -0.25) is 9.69 Å². The van der Waals surface area contributed by atoms with E-state index >= 15 is 0 Å². The molecule has 0 saturated carbocycles. The number of Topliss-reactive ketones (excluding diaryl/α,β-unsaturated/α-hetero) is 1. The zero-order valence-corrected chi connectivity index (χ0v) is 10.7. The molecule has 1 aliphatic heterocycles. The number of likely N-dealkylation sites (tertiary alicyclic amines) is 1. The Labute approximate surface area is 107 Å². The fourth-order valence-electron chi connectivity index (χ4n) is 2.02. The zero-order valence-electron chi connectivity index (χ0n) is 10.7. The smallest absolute Gasteiger partial charge is 0.410 e. The van der Waals surface area contributed by atoms with Crippen LogP contribution in [0.2, 0.25) is 0 Å². The normalized spacial score (nSPS) is 22.2. The molecule has 0 spiro atoms. The summed E-state index contributed by atoms with van der Waals surface area (Å²) >= 11 is 0. The second-order valence-electron chi connectivity index (χ2n) is 4.77. The number of carbonyl (C=O) groups excluding carboxylic acids is 2.